The fourth-order valence-electron chi connectivity index (χ4n) is 2.90. The molecule has 0 amide bonds. The van der Waals surface area contributed by atoms with Crippen molar-refractivity contribution in [2.24, 2.45) is 17.9 Å². The number of amidine groups is 1. The Hall–Kier alpha value is -1.60. The topological polar surface area (TPSA) is 82.9 Å². The van der Waals surface area contributed by atoms with Crippen LogP contribution in [0, 0.1) is 0 Å². The first-order chi connectivity index (χ1) is 10.1. The number of piperazine rings is 1. The SMILES string of the molecule is CCCC(C(N)=NO)N1CCN(Cc2cnn(C)c2)CC1. The van der Waals surface area contributed by atoms with E-state index in [-0.39, 0.29) is 6.04 Å². The molecule has 1 saturated heterocycles. The van der Waals surface area contributed by atoms with Gasteiger partial charge in [-0.25, -0.2) is 0 Å². The highest BCUT2D eigenvalue weighted by molar-refractivity contribution is 5.85. The van der Waals surface area contributed by atoms with Gasteiger partial charge in [0.1, 0.15) is 0 Å². The van der Waals surface area contributed by atoms with E-state index in [2.05, 4.69) is 33.2 Å². The van der Waals surface area contributed by atoms with Gasteiger partial charge in [-0.05, 0) is 6.42 Å². The van der Waals surface area contributed by atoms with E-state index >= 15 is 0 Å². The molecule has 1 aliphatic heterocycles. The van der Waals surface area contributed by atoms with Gasteiger partial charge in [0.2, 0.25) is 0 Å². The van der Waals surface area contributed by atoms with Crippen LogP contribution in [0.5, 0.6) is 0 Å². The van der Waals surface area contributed by atoms with E-state index in [9.17, 15) is 0 Å². The van der Waals surface area contributed by atoms with Crippen molar-refractivity contribution in [1.82, 2.24) is 19.6 Å². The number of aromatic nitrogens is 2. The van der Waals surface area contributed by atoms with Gasteiger partial charge in [0.05, 0.1) is 12.2 Å². The maximum atomic E-state index is 8.93. The molecule has 3 N–H and O–H groups in total. The Morgan fingerprint density at radius 1 is 1.43 bits per heavy atom. The summed E-state index contributed by atoms with van der Waals surface area (Å²) in [5.74, 6) is 0.331. The summed E-state index contributed by atoms with van der Waals surface area (Å²) in [6.45, 7) is 6.93. The Morgan fingerprint density at radius 3 is 2.67 bits per heavy atom. The molecule has 1 fully saturated rings. The lowest BCUT2D eigenvalue weighted by atomic mass is 10.1. The normalized spacial score (nSPS) is 19.8. The van der Waals surface area contributed by atoms with Crippen molar-refractivity contribution in [3.05, 3.63) is 18.0 Å². The quantitative estimate of drug-likeness (QED) is 0.344. The highest BCUT2D eigenvalue weighted by atomic mass is 16.4. The summed E-state index contributed by atoms with van der Waals surface area (Å²) in [6.07, 6.45) is 5.93. The summed E-state index contributed by atoms with van der Waals surface area (Å²) in [5.41, 5.74) is 7.07. The maximum absolute atomic E-state index is 8.93. The number of hydrogen-bond donors (Lipinski definition) is 2. The summed E-state index contributed by atoms with van der Waals surface area (Å²) < 4.78 is 1.83. The molecular weight excluding hydrogens is 268 g/mol. The molecule has 0 bridgehead atoms. The van der Waals surface area contributed by atoms with E-state index in [0.29, 0.717) is 5.84 Å². The van der Waals surface area contributed by atoms with Gasteiger partial charge in [0.25, 0.3) is 0 Å². The average Bonchev–Trinajstić information content (AvgIpc) is 2.90. The minimum absolute atomic E-state index is 0.0561. The Kier molecular flexibility index (Phi) is 5.58. The van der Waals surface area contributed by atoms with Crippen LogP contribution >= 0.6 is 0 Å². The summed E-state index contributed by atoms with van der Waals surface area (Å²) in [5, 5.41) is 16.3. The Balaban J connectivity index is 1.86. The van der Waals surface area contributed by atoms with Gasteiger partial charge < -0.3 is 10.9 Å². The standard InChI is InChI=1S/C14H26N6O/c1-3-4-13(14(15)17-21)20-7-5-19(6-8-20)11-12-9-16-18(2)10-12/h9-10,13,21H,3-8,11H2,1-2H3,(H2,15,17). The summed E-state index contributed by atoms with van der Waals surface area (Å²) >= 11 is 0. The van der Waals surface area contributed by atoms with Crippen molar-refractivity contribution in [1.29, 1.82) is 0 Å². The van der Waals surface area contributed by atoms with Crippen molar-refractivity contribution in [3.63, 3.8) is 0 Å². The van der Waals surface area contributed by atoms with Gasteiger partial charge in [-0.2, -0.15) is 5.10 Å². The van der Waals surface area contributed by atoms with Gasteiger partial charge in [-0.3, -0.25) is 14.5 Å². The molecule has 1 aromatic rings. The van der Waals surface area contributed by atoms with Crippen LogP contribution in [0.4, 0.5) is 0 Å². The van der Waals surface area contributed by atoms with Crippen LogP contribution in [0.2, 0.25) is 0 Å². The molecule has 2 heterocycles. The number of nitrogens with two attached hydrogens (primary N) is 1. The molecule has 2 rings (SSSR count). The molecule has 0 radical (unpaired) electrons. The number of rotatable bonds is 6. The van der Waals surface area contributed by atoms with Crippen molar-refractivity contribution < 1.29 is 5.21 Å². The molecule has 0 saturated carbocycles. The van der Waals surface area contributed by atoms with Crippen molar-refractivity contribution in [2.75, 3.05) is 26.2 Å². The second-order valence-electron chi connectivity index (χ2n) is 5.66. The van der Waals surface area contributed by atoms with Crippen LogP contribution < -0.4 is 5.73 Å². The fourth-order valence-corrected chi connectivity index (χ4v) is 2.90. The molecule has 118 valence electrons. The number of oxime groups is 1. The summed E-state index contributed by atoms with van der Waals surface area (Å²) in [4.78, 5) is 4.74. The van der Waals surface area contributed by atoms with Crippen LogP contribution in [0.15, 0.2) is 17.5 Å². The molecule has 0 aromatic carbocycles. The predicted molar refractivity (Wildman–Crippen MR) is 82.2 cm³/mol. The number of nitrogens with zero attached hydrogens (tertiary/aromatic N) is 5. The first kappa shape index (κ1) is 15.8. The van der Waals surface area contributed by atoms with Gasteiger partial charge >= 0.3 is 0 Å². The lowest BCUT2D eigenvalue weighted by Crippen LogP contribution is -2.53. The van der Waals surface area contributed by atoms with Crippen LogP contribution in [-0.4, -0.2) is 62.8 Å². The molecule has 1 unspecified atom stereocenters. The second kappa shape index (κ2) is 7.42. The van der Waals surface area contributed by atoms with Gasteiger partial charge in [0, 0.05) is 51.5 Å². The van der Waals surface area contributed by atoms with Crippen molar-refractivity contribution in [2.45, 2.75) is 32.4 Å². The van der Waals surface area contributed by atoms with Crippen LogP contribution in [0.1, 0.15) is 25.3 Å². The second-order valence-corrected chi connectivity index (χ2v) is 5.66. The highest BCUT2D eigenvalue weighted by Gasteiger charge is 2.26. The molecule has 0 aliphatic carbocycles. The zero-order valence-electron chi connectivity index (χ0n) is 12.9. The summed E-state index contributed by atoms with van der Waals surface area (Å²) in [6, 6.07) is 0.0561. The Morgan fingerprint density at radius 2 is 2.14 bits per heavy atom. The maximum Gasteiger partial charge on any atom is 0.156 e. The van der Waals surface area contributed by atoms with E-state index in [1.54, 1.807) is 0 Å². The third-order valence-electron chi connectivity index (χ3n) is 4.03. The lowest BCUT2D eigenvalue weighted by Gasteiger charge is -2.38. The zero-order valence-corrected chi connectivity index (χ0v) is 12.9. The largest absolute Gasteiger partial charge is 0.409 e. The van der Waals surface area contributed by atoms with Crippen LogP contribution in [-0.2, 0) is 13.6 Å². The minimum Gasteiger partial charge on any atom is -0.409 e. The Bertz CT molecular complexity index is 464. The lowest BCUT2D eigenvalue weighted by molar-refractivity contribution is 0.108. The van der Waals surface area contributed by atoms with E-state index in [1.165, 1.54) is 5.56 Å². The monoisotopic (exact) mass is 294 g/mol. The number of aryl methyl sites for hydroxylation is 1. The summed E-state index contributed by atoms with van der Waals surface area (Å²) in [7, 11) is 1.94. The van der Waals surface area contributed by atoms with E-state index < -0.39 is 0 Å². The third kappa shape index (κ3) is 4.18. The third-order valence-corrected chi connectivity index (χ3v) is 4.03. The molecule has 21 heavy (non-hydrogen) atoms. The average molecular weight is 294 g/mol. The van der Waals surface area contributed by atoms with Crippen LogP contribution in [0.25, 0.3) is 0 Å². The van der Waals surface area contributed by atoms with E-state index in [0.717, 1.165) is 45.6 Å². The highest BCUT2D eigenvalue weighted by Crippen LogP contribution is 2.13. The molecule has 7 nitrogen and oxygen atoms in total. The first-order valence-electron chi connectivity index (χ1n) is 7.55. The minimum atomic E-state index is 0.0561. The van der Waals surface area contributed by atoms with E-state index in [1.807, 2.05) is 17.9 Å². The van der Waals surface area contributed by atoms with Crippen molar-refractivity contribution in [3.8, 4) is 0 Å². The molecule has 7 heteroatoms. The smallest absolute Gasteiger partial charge is 0.156 e. The Labute approximate surface area is 126 Å². The molecule has 1 atom stereocenters. The predicted octanol–water partition coefficient (Wildman–Crippen LogP) is 0.453. The van der Waals surface area contributed by atoms with Crippen molar-refractivity contribution >= 4 is 5.84 Å². The van der Waals surface area contributed by atoms with E-state index in [4.69, 9.17) is 10.9 Å². The van der Waals surface area contributed by atoms with Crippen LogP contribution in [0.3, 0.4) is 0 Å². The fraction of sp³-hybridized carbons (Fsp3) is 0.714. The molecular formula is C14H26N6O. The molecule has 1 aliphatic rings. The zero-order chi connectivity index (χ0) is 15.2. The molecule has 0 spiro atoms. The van der Waals surface area contributed by atoms with Gasteiger partial charge in [-0.15, -0.1) is 0 Å². The van der Waals surface area contributed by atoms with Gasteiger partial charge in [0.15, 0.2) is 5.84 Å². The number of hydrogen-bond acceptors (Lipinski definition) is 5. The first-order valence-corrected chi connectivity index (χ1v) is 7.55. The van der Waals surface area contributed by atoms with Gasteiger partial charge in [-0.1, -0.05) is 18.5 Å². The molecule has 1 aromatic heterocycles.